The quantitative estimate of drug-likeness (QED) is 0.246. The molecular formula is C17H7F8N5O3S2. The van der Waals surface area contributed by atoms with Crippen LogP contribution in [0.3, 0.4) is 0 Å². The van der Waals surface area contributed by atoms with Gasteiger partial charge in [-0.2, -0.15) is 30.7 Å². The number of pyridine rings is 1. The van der Waals surface area contributed by atoms with Crippen LogP contribution in [-0.4, -0.2) is 38.1 Å². The van der Waals surface area contributed by atoms with E-state index in [2.05, 4.69) is 15.2 Å². The molecule has 0 aliphatic heterocycles. The van der Waals surface area contributed by atoms with Crippen LogP contribution in [0.1, 0.15) is 15.9 Å². The van der Waals surface area contributed by atoms with E-state index in [0.717, 1.165) is 17.4 Å². The van der Waals surface area contributed by atoms with Crippen molar-refractivity contribution < 1.29 is 44.8 Å². The first-order valence-electron chi connectivity index (χ1n) is 8.63. The summed E-state index contributed by atoms with van der Waals surface area (Å²) in [6, 6.07) is 1.10. The van der Waals surface area contributed by atoms with E-state index < -0.39 is 62.7 Å². The lowest BCUT2D eigenvalue weighted by molar-refractivity contribution is -0.384. The normalized spacial score (nSPS) is 12.6. The SMILES string of the molecule is NC(=O)c1cc([N+](=O)[O-])cc(-c2ncc(C(F)(F)C(F)(F)C(F)(F)F)cc2F)c1Sc1nncs1. The third kappa shape index (κ3) is 4.75. The molecule has 0 saturated heterocycles. The van der Waals surface area contributed by atoms with Gasteiger partial charge in [-0.3, -0.25) is 19.9 Å². The van der Waals surface area contributed by atoms with Crippen LogP contribution in [0.5, 0.6) is 0 Å². The minimum Gasteiger partial charge on any atom is -0.366 e. The van der Waals surface area contributed by atoms with Crippen molar-refractivity contribution in [2.45, 2.75) is 27.3 Å². The zero-order chi connectivity index (χ0) is 26.3. The van der Waals surface area contributed by atoms with Crippen molar-refractivity contribution in [3.63, 3.8) is 0 Å². The van der Waals surface area contributed by atoms with Gasteiger partial charge < -0.3 is 5.73 Å². The maximum atomic E-state index is 14.8. The van der Waals surface area contributed by atoms with Crippen LogP contribution in [-0.2, 0) is 5.92 Å². The van der Waals surface area contributed by atoms with Crippen LogP contribution < -0.4 is 5.73 Å². The highest BCUT2D eigenvalue weighted by molar-refractivity contribution is 8.01. The fourth-order valence-electron chi connectivity index (χ4n) is 2.65. The highest BCUT2D eigenvalue weighted by Gasteiger charge is 2.73. The van der Waals surface area contributed by atoms with E-state index in [4.69, 9.17) is 5.73 Å². The monoisotopic (exact) mass is 545 g/mol. The highest BCUT2D eigenvalue weighted by atomic mass is 32.2. The molecule has 0 aliphatic rings. The zero-order valence-corrected chi connectivity index (χ0v) is 18.0. The Morgan fingerprint density at radius 3 is 2.26 bits per heavy atom. The number of rotatable bonds is 7. The molecule has 0 spiro atoms. The third-order valence-electron chi connectivity index (χ3n) is 4.29. The number of non-ortho nitro benzene ring substituents is 1. The summed E-state index contributed by atoms with van der Waals surface area (Å²) in [5.41, 5.74) is 1.52. The molecule has 2 aromatic heterocycles. The summed E-state index contributed by atoms with van der Waals surface area (Å²) in [6.07, 6.45) is -6.81. The Hall–Kier alpha value is -3.41. The summed E-state index contributed by atoms with van der Waals surface area (Å²) in [7, 11) is 0. The van der Waals surface area contributed by atoms with Gasteiger partial charge in [0.15, 0.2) is 4.34 Å². The van der Waals surface area contributed by atoms with E-state index in [1.807, 2.05) is 0 Å². The van der Waals surface area contributed by atoms with E-state index in [0.29, 0.717) is 17.8 Å². The van der Waals surface area contributed by atoms with Crippen molar-refractivity contribution in [3.05, 3.63) is 57.0 Å². The van der Waals surface area contributed by atoms with Crippen molar-refractivity contribution in [2.75, 3.05) is 0 Å². The topological polar surface area (TPSA) is 125 Å². The largest absolute Gasteiger partial charge is 0.460 e. The van der Waals surface area contributed by atoms with E-state index in [-0.39, 0.29) is 21.5 Å². The smallest absolute Gasteiger partial charge is 0.366 e. The predicted molar refractivity (Wildman–Crippen MR) is 104 cm³/mol. The fourth-order valence-corrected chi connectivity index (χ4v) is 4.30. The lowest BCUT2D eigenvalue weighted by Gasteiger charge is -2.28. The van der Waals surface area contributed by atoms with E-state index in [9.17, 15) is 50.0 Å². The lowest BCUT2D eigenvalue weighted by atomic mass is 10.0. The van der Waals surface area contributed by atoms with Gasteiger partial charge in [0.25, 0.3) is 5.69 Å². The van der Waals surface area contributed by atoms with Crippen LogP contribution in [0.4, 0.5) is 40.8 Å². The molecule has 0 saturated carbocycles. The van der Waals surface area contributed by atoms with Gasteiger partial charge in [-0.25, -0.2) is 4.39 Å². The number of amides is 1. The second-order valence-corrected chi connectivity index (χ2v) is 8.59. The number of halogens is 8. The van der Waals surface area contributed by atoms with E-state index in [1.54, 1.807) is 0 Å². The van der Waals surface area contributed by atoms with Gasteiger partial charge in [-0.05, 0) is 6.07 Å². The van der Waals surface area contributed by atoms with E-state index in [1.165, 1.54) is 5.51 Å². The van der Waals surface area contributed by atoms with Gasteiger partial charge in [0, 0.05) is 34.4 Å². The van der Waals surface area contributed by atoms with Gasteiger partial charge in [0.1, 0.15) is 17.0 Å². The first kappa shape index (κ1) is 26.2. The molecule has 2 N–H and O–H groups in total. The Labute approximate surface area is 196 Å². The number of aromatic nitrogens is 3. The summed E-state index contributed by atoms with van der Waals surface area (Å²) in [6.45, 7) is 0. The summed E-state index contributed by atoms with van der Waals surface area (Å²) >= 11 is 1.53. The fraction of sp³-hybridized carbons (Fsp3) is 0.176. The maximum absolute atomic E-state index is 14.8. The minimum absolute atomic E-state index is 0.121. The first-order chi connectivity index (χ1) is 16.1. The number of hydrogen-bond donors (Lipinski definition) is 1. The summed E-state index contributed by atoms with van der Waals surface area (Å²) in [5.74, 6) is -15.5. The Bertz CT molecular complexity index is 1300. The molecule has 1 amide bonds. The van der Waals surface area contributed by atoms with Gasteiger partial charge in [-0.15, -0.1) is 10.2 Å². The Morgan fingerprint density at radius 1 is 1.11 bits per heavy atom. The molecule has 0 bridgehead atoms. The molecule has 0 unspecified atom stereocenters. The summed E-state index contributed by atoms with van der Waals surface area (Å²) < 4.78 is 107. The average molecular weight is 545 g/mol. The van der Waals surface area contributed by atoms with Crippen molar-refractivity contribution in [1.29, 1.82) is 0 Å². The van der Waals surface area contributed by atoms with Gasteiger partial charge in [-0.1, -0.05) is 23.1 Å². The molecule has 3 rings (SSSR count). The van der Waals surface area contributed by atoms with Crippen molar-refractivity contribution in [2.24, 2.45) is 5.73 Å². The molecule has 0 fully saturated rings. The second kappa shape index (κ2) is 8.99. The first-order valence-corrected chi connectivity index (χ1v) is 10.3. The molecule has 3 aromatic rings. The van der Waals surface area contributed by atoms with Crippen LogP contribution >= 0.6 is 23.1 Å². The molecule has 35 heavy (non-hydrogen) atoms. The predicted octanol–water partition coefficient (Wildman–Crippen LogP) is 5.19. The molecule has 0 atom stereocenters. The number of primary amides is 1. The average Bonchev–Trinajstić information content (AvgIpc) is 3.25. The molecule has 2 heterocycles. The summed E-state index contributed by atoms with van der Waals surface area (Å²) in [4.78, 5) is 25.2. The molecule has 18 heteroatoms. The number of alkyl halides is 7. The number of benzene rings is 1. The van der Waals surface area contributed by atoms with Crippen LogP contribution in [0.2, 0.25) is 0 Å². The highest BCUT2D eigenvalue weighted by Crippen LogP contribution is 2.52. The number of nitro benzene ring substituents is 1. The molecule has 0 aliphatic carbocycles. The van der Waals surface area contributed by atoms with Crippen LogP contribution in [0.15, 0.2) is 39.1 Å². The lowest BCUT2D eigenvalue weighted by Crippen LogP contribution is -2.50. The van der Waals surface area contributed by atoms with Crippen LogP contribution in [0, 0.1) is 15.9 Å². The van der Waals surface area contributed by atoms with Gasteiger partial charge in [0.05, 0.1) is 10.5 Å². The molecule has 186 valence electrons. The number of nitrogens with zero attached hydrogens (tertiary/aromatic N) is 4. The Morgan fingerprint density at radius 2 is 1.77 bits per heavy atom. The molecule has 8 nitrogen and oxygen atoms in total. The number of carbonyl (C=O) groups is 1. The molecule has 1 aromatic carbocycles. The molecular weight excluding hydrogens is 538 g/mol. The van der Waals surface area contributed by atoms with Crippen molar-refractivity contribution in [3.8, 4) is 11.3 Å². The maximum Gasteiger partial charge on any atom is 0.460 e. The zero-order valence-electron chi connectivity index (χ0n) is 16.3. The second-order valence-electron chi connectivity index (χ2n) is 6.50. The number of nitrogens with two attached hydrogens (primary N) is 1. The molecule has 0 radical (unpaired) electrons. The van der Waals surface area contributed by atoms with Crippen molar-refractivity contribution >= 4 is 34.7 Å². The standard InChI is InChI=1S/C17H7F8N5O3S2/c18-10-1-6(15(19,20)16(21,22)17(23,24)25)4-27-11(10)8-2-7(30(32)33)3-9(13(26)31)12(8)35-14-29-28-5-34-14/h1-5H,(H2,26,31). The van der Waals surface area contributed by atoms with Crippen LogP contribution in [0.25, 0.3) is 11.3 Å². The third-order valence-corrected chi connectivity index (χ3v) is 6.21. The Kier molecular flexibility index (Phi) is 6.73. The number of nitro groups is 1. The van der Waals surface area contributed by atoms with Crippen molar-refractivity contribution in [1.82, 2.24) is 15.2 Å². The summed E-state index contributed by atoms with van der Waals surface area (Å²) in [5, 5.41) is 18.5. The van der Waals surface area contributed by atoms with E-state index >= 15 is 0 Å². The Balaban J connectivity index is 2.24. The minimum atomic E-state index is -6.67. The number of hydrogen-bond acceptors (Lipinski definition) is 8. The van der Waals surface area contributed by atoms with Gasteiger partial charge in [0.2, 0.25) is 5.91 Å². The van der Waals surface area contributed by atoms with Gasteiger partial charge >= 0.3 is 18.0 Å². The number of carbonyl (C=O) groups excluding carboxylic acids is 1.